The van der Waals surface area contributed by atoms with Crippen LogP contribution in [0.15, 0.2) is 30.3 Å². The Bertz CT molecular complexity index is 686. The number of hydrogen-bond donors (Lipinski definition) is 3. The lowest BCUT2D eigenvalue weighted by Gasteiger charge is -2.09. The molecule has 0 unspecified atom stereocenters. The molecule has 0 radical (unpaired) electrons. The van der Waals surface area contributed by atoms with Crippen LogP contribution in [0.25, 0.3) is 0 Å². The number of nitrogen functional groups attached to an aromatic ring is 1. The molecule has 0 fully saturated rings. The van der Waals surface area contributed by atoms with E-state index in [9.17, 15) is 18.0 Å². The highest BCUT2D eigenvalue weighted by atomic mass is 35.5. The van der Waals surface area contributed by atoms with Gasteiger partial charge in [-0.1, -0.05) is 11.6 Å². The second kappa shape index (κ2) is 6.02. The van der Waals surface area contributed by atoms with Gasteiger partial charge in [0.2, 0.25) is 0 Å². The topological polar surface area (TPSA) is 67.1 Å². The monoisotopic (exact) mass is 315 g/mol. The Morgan fingerprint density at radius 1 is 1.05 bits per heavy atom. The zero-order chi connectivity index (χ0) is 15.6. The van der Waals surface area contributed by atoms with Crippen LogP contribution in [0.2, 0.25) is 5.02 Å². The molecule has 1 amide bonds. The smallest absolute Gasteiger partial charge is 0.255 e. The highest BCUT2D eigenvalue weighted by Crippen LogP contribution is 2.22. The molecular weight excluding hydrogens is 307 g/mol. The van der Waals surface area contributed by atoms with Crippen molar-refractivity contribution in [2.75, 3.05) is 10.7 Å². The Morgan fingerprint density at radius 3 is 2.19 bits per heavy atom. The molecule has 0 atom stereocenters. The first kappa shape index (κ1) is 15.1. The van der Waals surface area contributed by atoms with E-state index in [1.807, 2.05) is 5.43 Å². The molecule has 21 heavy (non-hydrogen) atoms. The van der Waals surface area contributed by atoms with Gasteiger partial charge in [-0.2, -0.15) is 0 Å². The molecular formula is C13H9ClF3N3O. The van der Waals surface area contributed by atoms with Gasteiger partial charge in [0.15, 0.2) is 11.6 Å². The molecule has 2 rings (SSSR count). The van der Waals surface area contributed by atoms with Crippen molar-refractivity contribution < 1.29 is 18.0 Å². The third kappa shape index (κ3) is 3.26. The van der Waals surface area contributed by atoms with Crippen molar-refractivity contribution >= 4 is 28.9 Å². The molecule has 8 heteroatoms. The Morgan fingerprint density at radius 2 is 1.67 bits per heavy atom. The van der Waals surface area contributed by atoms with Crippen molar-refractivity contribution in [1.29, 1.82) is 0 Å². The minimum atomic E-state index is -1.02. The van der Waals surface area contributed by atoms with Gasteiger partial charge in [0.05, 0.1) is 5.02 Å². The third-order valence-corrected chi connectivity index (χ3v) is 2.93. The van der Waals surface area contributed by atoms with Crippen molar-refractivity contribution in [1.82, 2.24) is 0 Å². The number of anilines is 2. The van der Waals surface area contributed by atoms with E-state index in [4.69, 9.17) is 17.4 Å². The fourth-order valence-electron chi connectivity index (χ4n) is 1.62. The summed E-state index contributed by atoms with van der Waals surface area (Å²) >= 11 is 5.50. The maximum absolute atomic E-state index is 13.5. The molecule has 0 aliphatic heterocycles. The zero-order valence-corrected chi connectivity index (χ0v) is 11.1. The number of hydrogen-bond acceptors (Lipinski definition) is 3. The standard InChI is InChI=1S/C13H9ClF3N3O/c14-8-2-1-7(5-9(8)15)19-13(21)6-3-10(16)12(20-18)11(17)4-6/h1-5,20H,18H2,(H,19,21). The van der Waals surface area contributed by atoms with Gasteiger partial charge in [-0.05, 0) is 30.3 Å². The molecule has 0 spiro atoms. The number of carbonyl (C=O) groups is 1. The number of halogens is 4. The number of carbonyl (C=O) groups excluding carboxylic acids is 1. The van der Waals surface area contributed by atoms with E-state index in [1.54, 1.807) is 0 Å². The number of benzene rings is 2. The first-order chi connectivity index (χ1) is 9.92. The van der Waals surface area contributed by atoms with E-state index >= 15 is 0 Å². The molecule has 0 aliphatic rings. The summed E-state index contributed by atoms with van der Waals surface area (Å²) in [6, 6.07) is 5.20. The quantitative estimate of drug-likeness (QED) is 0.601. The lowest BCUT2D eigenvalue weighted by atomic mass is 10.1. The summed E-state index contributed by atoms with van der Waals surface area (Å²) in [5.74, 6) is 1.37. The number of amides is 1. The van der Waals surface area contributed by atoms with Gasteiger partial charge in [-0.25, -0.2) is 13.2 Å². The van der Waals surface area contributed by atoms with E-state index in [0.29, 0.717) is 0 Å². The number of rotatable bonds is 3. The van der Waals surface area contributed by atoms with Gasteiger partial charge < -0.3 is 10.7 Å². The molecule has 4 N–H and O–H groups in total. The zero-order valence-electron chi connectivity index (χ0n) is 10.4. The molecule has 0 bridgehead atoms. The maximum Gasteiger partial charge on any atom is 0.255 e. The van der Waals surface area contributed by atoms with Crippen molar-refractivity contribution in [2.45, 2.75) is 0 Å². The Kier molecular flexibility index (Phi) is 4.35. The van der Waals surface area contributed by atoms with Crippen LogP contribution in [0, 0.1) is 17.5 Å². The number of hydrazine groups is 1. The fraction of sp³-hybridized carbons (Fsp3) is 0. The largest absolute Gasteiger partial charge is 0.322 e. The molecule has 0 aromatic heterocycles. The molecule has 0 heterocycles. The van der Waals surface area contributed by atoms with Crippen LogP contribution < -0.4 is 16.6 Å². The summed E-state index contributed by atoms with van der Waals surface area (Å²) in [7, 11) is 0. The molecule has 0 aliphatic carbocycles. The Hall–Kier alpha value is -2.25. The summed E-state index contributed by atoms with van der Waals surface area (Å²) in [6.07, 6.45) is 0. The minimum absolute atomic E-state index is 0.101. The second-order valence-corrected chi connectivity index (χ2v) is 4.45. The lowest BCUT2D eigenvalue weighted by molar-refractivity contribution is 0.102. The Balaban J connectivity index is 2.26. The third-order valence-electron chi connectivity index (χ3n) is 2.63. The van der Waals surface area contributed by atoms with Crippen LogP contribution in [0.3, 0.4) is 0 Å². The van der Waals surface area contributed by atoms with Crippen LogP contribution in [0.4, 0.5) is 24.5 Å². The fourth-order valence-corrected chi connectivity index (χ4v) is 1.74. The lowest BCUT2D eigenvalue weighted by Crippen LogP contribution is -2.15. The minimum Gasteiger partial charge on any atom is -0.322 e. The first-order valence-electron chi connectivity index (χ1n) is 5.64. The molecule has 110 valence electrons. The van der Waals surface area contributed by atoms with E-state index in [2.05, 4.69) is 5.32 Å². The van der Waals surface area contributed by atoms with Crippen LogP contribution in [0.5, 0.6) is 0 Å². The van der Waals surface area contributed by atoms with E-state index in [1.165, 1.54) is 12.1 Å². The summed E-state index contributed by atoms with van der Waals surface area (Å²) in [4.78, 5) is 11.9. The average Bonchev–Trinajstić information content (AvgIpc) is 2.42. The van der Waals surface area contributed by atoms with Crippen molar-refractivity contribution in [3.05, 3.63) is 58.4 Å². The van der Waals surface area contributed by atoms with E-state index in [0.717, 1.165) is 18.2 Å². The van der Waals surface area contributed by atoms with Crippen LogP contribution in [-0.2, 0) is 0 Å². The van der Waals surface area contributed by atoms with E-state index < -0.39 is 29.0 Å². The van der Waals surface area contributed by atoms with Crippen molar-refractivity contribution in [3.8, 4) is 0 Å². The first-order valence-corrected chi connectivity index (χ1v) is 6.02. The van der Waals surface area contributed by atoms with Crippen molar-refractivity contribution in [2.24, 2.45) is 5.84 Å². The molecule has 4 nitrogen and oxygen atoms in total. The predicted molar refractivity (Wildman–Crippen MR) is 73.5 cm³/mol. The highest BCUT2D eigenvalue weighted by molar-refractivity contribution is 6.30. The summed E-state index contributed by atoms with van der Waals surface area (Å²) < 4.78 is 40.2. The van der Waals surface area contributed by atoms with Crippen LogP contribution in [-0.4, -0.2) is 5.91 Å². The van der Waals surface area contributed by atoms with Crippen molar-refractivity contribution in [3.63, 3.8) is 0 Å². The molecule has 0 saturated carbocycles. The van der Waals surface area contributed by atoms with Gasteiger partial charge in [0.25, 0.3) is 5.91 Å². The van der Waals surface area contributed by atoms with E-state index in [-0.39, 0.29) is 16.3 Å². The highest BCUT2D eigenvalue weighted by Gasteiger charge is 2.15. The second-order valence-electron chi connectivity index (χ2n) is 4.04. The van der Waals surface area contributed by atoms with Gasteiger partial charge in [0, 0.05) is 11.3 Å². The molecule has 2 aromatic carbocycles. The SMILES string of the molecule is NNc1c(F)cc(C(=O)Nc2ccc(Cl)c(F)c2)cc1F. The predicted octanol–water partition coefficient (Wildman–Crippen LogP) is 3.30. The average molecular weight is 316 g/mol. The van der Waals surface area contributed by atoms with Gasteiger partial charge >= 0.3 is 0 Å². The van der Waals surface area contributed by atoms with Crippen LogP contribution in [0.1, 0.15) is 10.4 Å². The Labute approximate surface area is 122 Å². The normalized spacial score (nSPS) is 10.3. The van der Waals surface area contributed by atoms with Gasteiger partial charge in [-0.15, -0.1) is 0 Å². The summed E-state index contributed by atoms with van der Waals surface area (Å²) in [5.41, 5.74) is 1.12. The number of nitrogens with one attached hydrogen (secondary N) is 2. The summed E-state index contributed by atoms with van der Waals surface area (Å²) in [5, 5.41) is 2.19. The van der Waals surface area contributed by atoms with Gasteiger partial charge in [-0.3, -0.25) is 10.6 Å². The molecule has 0 saturated heterocycles. The van der Waals surface area contributed by atoms with Gasteiger partial charge in [0.1, 0.15) is 11.5 Å². The molecule has 2 aromatic rings. The van der Waals surface area contributed by atoms with Crippen LogP contribution >= 0.6 is 11.6 Å². The maximum atomic E-state index is 13.5. The number of nitrogens with two attached hydrogens (primary N) is 1. The summed E-state index contributed by atoms with van der Waals surface area (Å²) in [6.45, 7) is 0.